The lowest BCUT2D eigenvalue weighted by Gasteiger charge is -2.35. The summed E-state index contributed by atoms with van der Waals surface area (Å²) in [5.74, 6) is -0.726. The predicted octanol–water partition coefficient (Wildman–Crippen LogP) is 1.000. The van der Waals surface area contributed by atoms with Crippen molar-refractivity contribution in [3.8, 4) is 0 Å². The molecule has 1 aliphatic heterocycles. The minimum Gasteiger partial charge on any atom is -0.383 e. The molecule has 0 radical (unpaired) electrons. The number of benzene rings is 1. The van der Waals surface area contributed by atoms with Gasteiger partial charge in [-0.2, -0.15) is 0 Å². The number of carbonyl (C=O) groups is 2. The van der Waals surface area contributed by atoms with Gasteiger partial charge in [-0.15, -0.1) is 0 Å². The van der Waals surface area contributed by atoms with Crippen molar-refractivity contribution < 1.29 is 18.7 Å². The van der Waals surface area contributed by atoms with Gasteiger partial charge < -0.3 is 19.9 Å². The van der Waals surface area contributed by atoms with Crippen LogP contribution in [0.1, 0.15) is 10.4 Å². The fraction of sp³-hybridized carbons (Fsp3) is 0.500. The Hall–Kier alpha value is -1.70. The number of methoxy groups -OCH3 is 1. The molecule has 0 unspecified atom stereocenters. The van der Waals surface area contributed by atoms with Gasteiger partial charge in [-0.05, 0) is 18.2 Å². The van der Waals surface area contributed by atoms with Crippen molar-refractivity contribution in [2.24, 2.45) is 0 Å². The molecule has 0 saturated carbocycles. The van der Waals surface area contributed by atoms with Gasteiger partial charge in [0.2, 0.25) is 5.91 Å². The highest BCUT2D eigenvalue weighted by Gasteiger charge is 2.25. The highest BCUT2D eigenvalue weighted by atomic mass is 35.5. The number of hydrogen-bond acceptors (Lipinski definition) is 4. The molecule has 1 saturated heterocycles. The summed E-state index contributed by atoms with van der Waals surface area (Å²) in [6, 6.07) is 3.72. The topological polar surface area (TPSA) is 61.9 Å². The molecule has 1 N–H and O–H groups in total. The van der Waals surface area contributed by atoms with Gasteiger partial charge in [0.25, 0.3) is 5.91 Å². The van der Waals surface area contributed by atoms with E-state index in [9.17, 15) is 14.0 Å². The maximum Gasteiger partial charge on any atom is 0.255 e. The van der Waals surface area contributed by atoms with Crippen LogP contribution in [0, 0.1) is 5.82 Å². The van der Waals surface area contributed by atoms with Crippen molar-refractivity contribution in [1.29, 1.82) is 0 Å². The molecule has 132 valence electrons. The zero-order valence-electron chi connectivity index (χ0n) is 13.6. The molecule has 1 aromatic carbocycles. The van der Waals surface area contributed by atoms with Gasteiger partial charge >= 0.3 is 0 Å². The van der Waals surface area contributed by atoms with E-state index in [2.05, 4.69) is 5.32 Å². The first-order chi connectivity index (χ1) is 11.5. The summed E-state index contributed by atoms with van der Waals surface area (Å²) in [6.45, 7) is 3.20. The number of nitrogens with zero attached hydrogens (tertiary/aromatic N) is 2. The first-order valence-corrected chi connectivity index (χ1v) is 8.12. The van der Waals surface area contributed by atoms with Crippen molar-refractivity contribution in [3.63, 3.8) is 0 Å². The molecule has 24 heavy (non-hydrogen) atoms. The Balaban J connectivity index is 1.83. The second-order valence-corrected chi connectivity index (χ2v) is 5.87. The minimum atomic E-state index is -0.479. The Morgan fingerprint density at radius 3 is 2.54 bits per heavy atom. The van der Waals surface area contributed by atoms with Crippen LogP contribution in [-0.2, 0) is 9.53 Å². The first-order valence-electron chi connectivity index (χ1n) is 7.74. The molecule has 0 spiro atoms. The molecule has 0 atom stereocenters. The van der Waals surface area contributed by atoms with Crippen LogP contribution in [0.5, 0.6) is 0 Å². The number of hydrogen-bond donors (Lipinski definition) is 1. The summed E-state index contributed by atoms with van der Waals surface area (Å²) in [6.07, 6.45) is 0. The molecule has 1 heterocycles. The lowest BCUT2D eigenvalue weighted by molar-refractivity contribution is -0.131. The van der Waals surface area contributed by atoms with Crippen molar-refractivity contribution in [1.82, 2.24) is 15.1 Å². The molecule has 1 aliphatic rings. The van der Waals surface area contributed by atoms with Crippen LogP contribution in [0.4, 0.5) is 4.39 Å². The molecular weight excluding hydrogens is 337 g/mol. The third-order valence-corrected chi connectivity index (χ3v) is 4.15. The van der Waals surface area contributed by atoms with Gasteiger partial charge in [0, 0.05) is 39.8 Å². The van der Waals surface area contributed by atoms with Crippen LogP contribution < -0.4 is 5.32 Å². The maximum atomic E-state index is 13.1. The van der Waals surface area contributed by atoms with Crippen LogP contribution in [-0.4, -0.2) is 74.6 Å². The number of piperazine rings is 1. The Kier molecular flexibility index (Phi) is 6.96. The lowest BCUT2D eigenvalue weighted by atomic mass is 10.1. The SMILES string of the molecule is COCCNCC(=O)N1CCN(C(=O)c2ccc(F)cc2Cl)CC1. The monoisotopic (exact) mass is 357 g/mol. The molecule has 0 bridgehead atoms. The third-order valence-electron chi connectivity index (χ3n) is 3.84. The fourth-order valence-corrected chi connectivity index (χ4v) is 2.72. The van der Waals surface area contributed by atoms with Gasteiger partial charge in [0.05, 0.1) is 23.7 Å². The van der Waals surface area contributed by atoms with E-state index in [0.29, 0.717) is 39.3 Å². The number of rotatable bonds is 6. The smallest absolute Gasteiger partial charge is 0.255 e. The van der Waals surface area contributed by atoms with Gasteiger partial charge in [-0.1, -0.05) is 11.6 Å². The standard InChI is InChI=1S/C16H21ClFN3O3/c1-24-9-4-19-11-15(22)20-5-7-21(8-6-20)16(23)13-3-2-12(18)10-14(13)17/h2-3,10,19H,4-9,11H2,1H3. The summed E-state index contributed by atoms with van der Waals surface area (Å²) < 4.78 is 18.0. The number of ether oxygens (including phenoxy) is 1. The van der Waals surface area contributed by atoms with Gasteiger partial charge in [0.1, 0.15) is 5.82 Å². The van der Waals surface area contributed by atoms with Crippen LogP contribution in [0.25, 0.3) is 0 Å². The second kappa shape index (κ2) is 8.96. The van der Waals surface area contributed by atoms with E-state index >= 15 is 0 Å². The largest absolute Gasteiger partial charge is 0.383 e. The highest BCUT2D eigenvalue weighted by Crippen LogP contribution is 2.19. The molecule has 1 aromatic rings. The van der Waals surface area contributed by atoms with E-state index < -0.39 is 5.82 Å². The normalized spacial score (nSPS) is 14.8. The second-order valence-electron chi connectivity index (χ2n) is 5.47. The maximum absolute atomic E-state index is 13.1. The molecule has 0 aliphatic carbocycles. The van der Waals surface area contributed by atoms with E-state index in [-0.39, 0.29) is 28.9 Å². The minimum absolute atomic E-state index is 0.00184. The molecular formula is C16H21ClFN3O3. The summed E-state index contributed by atoms with van der Waals surface area (Å²) in [7, 11) is 1.60. The summed E-state index contributed by atoms with van der Waals surface area (Å²) in [4.78, 5) is 27.8. The lowest BCUT2D eigenvalue weighted by Crippen LogP contribution is -2.52. The molecule has 0 aromatic heterocycles. The number of nitrogens with one attached hydrogen (secondary N) is 1. The predicted molar refractivity (Wildman–Crippen MR) is 88.6 cm³/mol. The Morgan fingerprint density at radius 2 is 1.92 bits per heavy atom. The Labute approximate surface area is 145 Å². The zero-order chi connectivity index (χ0) is 17.5. The van der Waals surface area contributed by atoms with Crippen molar-refractivity contribution in [3.05, 3.63) is 34.6 Å². The number of carbonyl (C=O) groups excluding carboxylic acids is 2. The van der Waals surface area contributed by atoms with Crippen LogP contribution >= 0.6 is 11.6 Å². The van der Waals surface area contributed by atoms with Crippen molar-refractivity contribution in [2.45, 2.75) is 0 Å². The zero-order valence-corrected chi connectivity index (χ0v) is 14.3. The van der Waals surface area contributed by atoms with E-state index in [1.807, 2.05) is 0 Å². The molecule has 1 fully saturated rings. The average Bonchev–Trinajstić information content (AvgIpc) is 2.58. The van der Waals surface area contributed by atoms with E-state index in [4.69, 9.17) is 16.3 Å². The molecule has 2 amide bonds. The quantitative estimate of drug-likeness (QED) is 0.772. The molecule has 8 heteroatoms. The van der Waals surface area contributed by atoms with Gasteiger partial charge in [-0.3, -0.25) is 9.59 Å². The van der Waals surface area contributed by atoms with Crippen LogP contribution in [0.15, 0.2) is 18.2 Å². The summed E-state index contributed by atoms with van der Waals surface area (Å²) >= 11 is 5.94. The molecule has 2 rings (SSSR count). The highest BCUT2D eigenvalue weighted by molar-refractivity contribution is 6.33. The van der Waals surface area contributed by atoms with Crippen molar-refractivity contribution >= 4 is 23.4 Å². The number of amides is 2. The summed E-state index contributed by atoms with van der Waals surface area (Å²) in [5.41, 5.74) is 0.277. The number of halogens is 2. The first kappa shape index (κ1) is 18.6. The van der Waals surface area contributed by atoms with E-state index in [1.165, 1.54) is 12.1 Å². The van der Waals surface area contributed by atoms with Crippen molar-refractivity contribution in [2.75, 3.05) is 53.0 Å². The van der Waals surface area contributed by atoms with E-state index in [0.717, 1.165) is 6.07 Å². The summed E-state index contributed by atoms with van der Waals surface area (Å²) in [5, 5.41) is 3.10. The van der Waals surface area contributed by atoms with E-state index in [1.54, 1.807) is 16.9 Å². The Morgan fingerprint density at radius 1 is 1.25 bits per heavy atom. The average molecular weight is 358 g/mol. The van der Waals surface area contributed by atoms with Gasteiger partial charge in [0.15, 0.2) is 0 Å². The Bertz CT molecular complexity index is 592. The van der Waals surface area contributed by atoms with Crippen LogP contribution in [0.2, 0.25) is 5.02 Å². The van der Waals surface area contributed by atoms with Gasteiger partial charge in [-0.25, -0.2) is 4.39 Å². The third kappa shape index (κ3) is 4.90. The molecule has 6 nitrogen and oxygen atoms in total. The fourth-order valence-electron chi connectivity index (χ4n) is 2.47. The van der Waals surface area contributed by atoms with Crippen LogP contribution in [0.3, 0.4) is 0 Å².